The molecular formula is C19H20ClF3N2O. The number of carbonyl (C=O) groups is 1. The molecule has 26 heavy (non-hydrogen) atoms. The van der Waals surface area contributed by atoms with Crippen molar-refractivity contribution in [2.24, 2.45) is 0 Å². The van der Waals surface area contributed by atoms with Gasteiger partial charge in [0, 0.05) is 11.6 Å². The maximum Gasteiger partial charge on any atom is 0.416 e. The minimum Gasteiger partial charge on any atom is -0.354 e. The first-order chi connectivity index (χ1) is 12.2. The quantitative estimate of drug-likeness (QED) is 0.804. The van der Waals surface area contributed by atoms with Gasteiger partial charge in [0.1, 0.15) is 0 Å². The lowest BCUT2D eigenvalue weighted by Gasteiger charge is -2.26. The molecule has 0 aliphatic rings. The Morgan fingerprint density at radius 1 is 1.15 bits per heavy atom. The van der Waals surface area contributed by atoms with Crippen molar-refractivity contribution >= 4 is 17.5 Å². The summed E-state index contributed by atoms with van der Waals surface area (Å²) in [6.45, 7) is 0.300. The molecule has 0 saturated heterocycles. The average molecular weight is 385 g/mol. The van der Waals surface area contributed by atoms with Crippen molar-refractivity contribution in [3.63, 3.8) is 0 Å². The number of likely N-dealkylation sites (N-methyl/N-ethyl adjacent to an activating group) is 1. The summed E-state index contributed by atoms with van der Waals surface area (Å²) < 4.78 is 38.3. The maximum atomic E-state index is 12.8. The van der Waals surface area contributed by atoms with E-state index in [-0.39, 0.29) is 18.4 Å². The van der Waals surface area contributed by atoms with Crippen LogP contribution in [0.4, 0.5) is 13.2 Å². The highest BCUT2D eigenvalue weighted by atomic mass is 35.5. The molecule has 1 amide bonds. The third-order valence-electron chi connectivity index (χ3n) is 4.00. The Bertz CT molecular complexity index is 762. The molecule has 2 aromatic carbocycles. The molecule has 1 atom stereocenters. The van der Waals surface area contributed by atoms with Crippen LogP contribution in [-0.4, -0.2) is 31.4 Å². The molecule has 140 valence electrons. The van der Waals surface area contributed by atoms with Gasteiger partial charge in [0.25, 0.3) is 0 Å². The van der Waals surface area contributed by atoms with Gasteiger partial charge in [-0.05, 0) is 37.4 Å². The van der Waals surface area contributed by atoms with Gasteiger partial charge < -0.3 is 10.2 Å². The van der Waals surface area contributed by atoms with Crippen molar-refractivity contribution in [1.82, 2.24) is 10.2 Å². The highest BCUT2D eigenvalue weighted by Gasteiger charge is 2.30. The van der Waals surface area contributed by atoms with Crippen LogP contribution < -0.4 is 5.32 Å². The van der Waals surface area contributed by atoms with Crippen LogP contribution in [0.5, 0.6) is 0 Å². The molecule has 0 heterocycles. The molecule has 0 bridgehead atoms. The number of nitrogens with one attached hydrogen (secondary N) is 1. The van der Waals surface area contributed by atoms with Crippen molar-refractivity contribution in [2.45, 2.75) is 18.6 Å². The number of amides is 1. The molecule has 2 rings (SSSR count). The summed E-state index contributed by atoms with van der Waals surface area (Å²) in [5, 5.41) is 3.37. The highest BCUT2D eigenvalue weighted by molar-refractivity contribution is 6.31. The van der Waals surface area contributed by atoms with Gasteiger partial charge in [-0.25, -0.2) is 0 Å². The zero-order valence-corrected chi connectivity index (χ0v) is 15.2. The van der Waals surface area contributed by atoms with E-state index in [1.165, 1.54) is 12.1 Å². The minimum absolute atomic E-state index is 0.118. The Morgan fingerprint density at radius 3 is 2.46 bits per heavy atom. The molecular weight excluding hydrogens is 365 g/mol. The normalized spacial score (nSPS) is 12.9. The number of carbonyl (C=O) groups excluding carboxylic acids is 1. The van der Waals surface area contributed by atoms with Gasteiger partial charge in [-0.15, -0.1) is 0 Å². The van der Waals surface area contributed by atoms with Crippen molar-refractivity contribution in [3.8, 4) is 0 Å². The first-order valence-corrected chi connectivity index (χ1v) is 8.40. The van der Waals surface area contributed by atoms with Gasteiger partial charge in [0.15, 0.2) is 0 Å². The second-order valence-corrected chi connectivity index (χ2v) is 6.59. The fraction of sp³-hybridized carbons (Fsp3) is 0.316. The third kappa shape index (κ3) is 5.47. The average Bonchev–Trinajstić information content (AvgIpc) is 2.56. The molecule has 0 aromatic heterocycles. The number of alkyl halides is 3. The van der Waals surface area contributed by atoms with Crippen LogP contribution in [0.25, 0.3) is 0 Å². The van der Waals surface area contributed by atoms with Crippen LogP contribution in [0.1, 0.15) is 22.7 Å². The van der Waals surface area contributed by atoms with E-state index < -0.39 is 11.7 Å². The number of nitrogens with zero attached hydrogens (tertiary/aromatic N) is 1. The van der Waals surface area contributed by atoms with E-state index >= 15 is 0 Å². The van der Waals surface area contributed by atoms with Crippen LogP contribution in [0.15, 0.2) is 48.5 Å². The Balaban J connectivity index is 2.02. The Labute approximate surface area is 155 Å². The van der Waals surface area contributed by atoms with E-state index in [0.717, 1.165) is 17.7 Å². The Morgan fingerprint density at radius 2 is 1.85 bits per heavy atom. The van der Waals surface area contributed by atoms with E-state index in [9.17, 15) is 18.0 Å². The zero-order chi connectivity index (χ0) is 19.3. The van der Waals surface area contributed by atoms with Gasteiger partial charge >= 0.3 is 6.18 Å². The summed E-state index contributed by atoms with van der Waals surface area (Å²) in [7, 11) is 3.74. The SMILES string of the molecule is CN(C)[C@H](CNC(=O)Cc1cccc(C(F)(F)F)c1)c1ccccc1Cl. The van der Waals surface area contributed by atoms with Gasteiger partial charge in [-0.1, -0.05) is 48.0 Å². The second-order valence-electron chi connectivity index (χ2n) is 6.18. The second kappa shape index (κ2) is 8.56. The summed E-state index contributed by atoms with van der Waals surface area (Å²) >= 11 is 6.22. The summed E-state index contributed by atoms with van der Waals surface area (Å²) in [6.07, 6.45) is -4.54. The first-order valence-electron chi connectivity index (χ1n) is 8.02. The maximum absolute atomic E-state index is 12.8. The molecule has 3 nitrogen and oxygen atoms in total. The van der Waals surface area contributed by atoms with Crippen LogP contribution in [0.2, 0.25) is 5.02 Å². The van der Waals surface area contributed by atoms with Gasteiger partial charge in [-0.3, -0.25) is 4.79 Å². The molecule has 0 saturated carbocycles. The van der Waals surface area contributed by atoms with E-state index in [2.05, 4.69) is 5.32 Å². The Hall–Kier alpha value is -2.05. The standard InChI is InChI=1S/C19H20ClF3N2O/c1-25(2)17(15-8-3-4-9-16(15)20)12-24-18(26)11-13-6-5-7-14(10-13)19(21,22)23/h3-10,17H,11-12H2,1-2H3,(H,24,26)/t17-/m1/s1. The summed E-state index contributed by atoms with van der Waals surface area (Å²) in [5.74, 6) is -0.344. The molecule has 1 N–H and O–H groups in total. The smallest absolute Gasteiger partial charge is 0.354 e. The number of hydrogen-bond acceptors (Lipinski definition) is 2. The predicted molar refractivity (Wildman–Crippen MR) is 96.0 cm³/mol. The number of hydrogen-bond donors (Lipinski definition) is 1. The van der Waals surface area contributed by atoms with Crippen molar-refractivity contribution in [3.05, 3.63) is 70.2 Å². The number of benzene rings is 2. The molecule has 0 unspecified atom stereocenters. The topological polar surface area (TPSA) is 32.3 Å². The van der Waals surface area contributed by atoms with Crippen LogP contribution in [0, 0.1) is 0 Å². The molecule has 0 spiro atoms. The minimum atomic E-state index is -4.42. The van der Waals surface area contributed by atoms with Crippen molar-refractivity contribution in [2.75, 3.05) is 20.6 Å². The number of rotatable bonds is 6. The van der Waals surface area contributed by atoms with Gasteiger partial charge in [-0.2, -0.15) is 13.2 Å². The van der Waals surface area contributed by atoms with E-state index in [4.69, 9.17) is 11.6 Å². The Kier molecular flexibility index (Phi) is 6.67. The van der Waals surface area contributed by atoms with E-state index in [0.29, 0.717) is 17.1 Å². The number of halogens is 4. The summed E-state index contributed by atoms with van der Waals surface area (Å²) in [6, 6.07) is 12.0. The van der Waals surface area contributed by atoms with Crippen LogP contribution in [0.3, 0.4) is 0 Å². The van der Waals surface area contributed by atoms with Crippen molar-refractivity contribution in [1.29, 1.82) is 0 Å². The summed E-state index contributed by atoms with van der Waals surface area (Å²) in [4.78, 5) is 14.1. The van der Waals surface area contributed by atoms with Gasteiger partial charge in [0.05, 0.1) is 18.0 Å². The molecule has 0 aliphatic heterocycles. The van der Waals surface area contributed by atoms with Crippen molar-refractivity contribution < 1.29 is 18.0 Å². The van der Waals surface area contributed by atoms with E-state index in [1.807, 2.05) is 37.2 Å². The fourth-order valence-corrected chi connectivity index (χ4v) is 2.89. The largest absolute Gasteiger partial charge is 0.416 e. The zero-order valence-electron chi connectivity index (χ0n) is 14.5. The third-order valence-corrected chi connectivity index (χ3v) is 4.34. The fourth-order valence-electron chi connectivity index (χ4n) is 2.63. The highest BCUT2D eigenvalue weighted by Crippen LogP contribution is 2.29. The predicted octanol–water partition coefficient (Wildman–Crippen LogP) is 4.32. The molecule has 0 fully saturated rings. The summed E-state index contributed by atoms with van der Waals surface area (Å²) in [5.41, 5.74) is 0.431. The lowest BCUT2D eigenvalue weighted by Crippen LogP contribution is -2.35. The molecule has 0 radical (unpaired) electrons. The lowest BCUT2D eigenvalue weighted by atomic mass is 10.1. The monoisotopic (exact) mass is 384 g/mol. The van der Waals surface area contributed by atoms with E-state index in [1.54, 1.807) is 6.07 Å². The molecule has 2 aromatic rings. The first kappa shape index (κ1) is 20.3. The van der Waals surface area contributed by atoms with Crippen LogP contribution >= 0.6 is 11.6 Å². The lowest BCUT2D eigenvalue weighted by molar-refractivity contribution is -0.137. The molecule has 7 heteroatoms. The van der Waals surface area contributed by atoms with Gasteiger partial charge in [0.2, 0.25) is 5.91 Å². The van der Waals surface area contributed by atoms with Crippen LogP contribution in [-0.2, 0) is 17.4 Å². The molecule has 0 aliphatic carbocycles.